The van der Waals surface area contributed by atoms with E-state index in [0.717, 1.165) is 26.2 Å². The van der Waals surface area contributed by atoms with E-state index in [1.807, 2.05) is 76.5 Å². The molecule has 0 aliphatic heterocycles. The Bertz CT molecular complexity index is 1050. The van der Waals surface area contributed by atoms with Gasteiger partial charge in [0, 0.05) is 10.5 Å². The topological polar surface area (TPSA) is 63.0 Å². The zero-order valence-electron chi connectivity index (χ0n) is 16.6. The van der Waals surface area contributed by atoms with Crippen LogP contribution in [-0.4, -0.2) is 21.3 Å². The average molecular weight is 411 g/mol. The molecule has 28 heavy (non-hydrogen) atoms. The largest absolute Gasteiger partial charge is 0.459 e. The van der Waals surface area contributed by atoms with Gasteiger partial charge in [0.2, 0.25) is 0 Å². The molecule has 3 aromatic rings. The first-order valence-corrected chi connectivity index (χ1v) is 10.6. The lowest BCUT2D eigenvalue weighted by molar-refractivity contribution is -0.156. The number of carbonyl (C=O) groups is 1. The summed E-state index contributed by atoms with van der Waals surface area (Å²) in [6.07, 6.45) is 0. The summed E-state index contributed by atoms with van der Waals surface area (Å²) in [5.41, 5.74) is 4.85. The molecule has 0 aliphatic rings. The third kappa shape index (κ3) is 4.37. The summed E-state index contributed by atoms with van der Waals surface area (Å²) in [6, 6.07) is 13.6. The maximum atomic E-state index is 12.7. The van der Waals surface area contributed by atoms with E-state index in [-0.39, 0.29) is 5.97 Å². The van der Waals surface area contributed by atoms with E-state index in [2.05, 4.69) is 11.1 Å². The van der Waals surface area contributed by atoms with E-state index in [4.69, 9.17) is 10.00 Å². The van der Waals surface area contributed by atoms with Gasteiger partial charge in [-0.15, -0.1) is 23.1 Å². The van der Waals surface area contributed by atoms with Crippen LogP contribution in [0.25, 0.3) is 21.3 Å². The van der Waals surface area contributed by atoms with Gasteiger partial charge in [-0.1, -0.05) is 12.1 Å². The maximum Gasteiger partial charge on any atom is 0.322 e. The molecule has 144 valence electrons. The number of nitriles is 1. The van der Waals surface area contributed by atoms with Crippen LogP contribution < -0.4 is 0 Å². The normalized spacial score (nSPS) is 12.0. The molecule has 0 unspecified atom stereocenters. The fourth-order valence-corrected chi connectivity index (χ4v) is 4.75. The lowest BCUT2D eigenvalue weighted by atomic mass is 10.0. The zero-order chi connectivity index (χ0) is 20.5. The molecule has 0 radical (unpaired) electrons. The van der Waals surface area contributed by atoms with Gasteiger partial charge in [-0.3, -0.25) is 4.79 Å². The van der Waals surface area contributed by atoms with Gasteiger partial charge in [0.05, 0.1) is 27.4 Å². The smallest absolute Gasteiger partial charge is 0.322 e. The molecule has 0 saturated heterocycles. The van der Waals surface area contributed by atoms with Gasteiger partial charge in [-0.2, -0.15) is 5.26 Å². The first-order chi connectivity index (χ1) is 13.1. The SMILES string of the molecule is CC(C)(C)OC(=O)C(C)(C)Sc1ccc2ncsc2c1-c1ccc(C#N)cc1. The summed E-state index contributed by atoms with van der Waals surface area (Å²) in [5, 5.41) is 9.09. The van der Waals surface area contributed by atoms with Crippen molar-refractivity contribution in [2.24, 2.45) is 0 Å². The Morgan fingerprint density at radius 3 is 2.39 bits per heavy atom. The van der Waals surface area contributed by atoms with Crippen LogP contribution in [0, 0.1) is 11.3 Å². The highest BCUT2D eigenvalue weighted by molar-refractivity contribution is 8.01. The highest BCUT2D eigenvalue weighted by Gasteiger charge is 2.34. The fraction of sp³-hybridized carbons (Fsp3) is 0.318. The first kappa shape index (κ1) is 20.4. The first-order valence-electron chi connectivity index (χ1n) is 8.90. The minimum absolute atomic E-state index is 0.250. The zero-order valence-corrected chi connectivity index (χ0v) is 18.2. The van der Waals surface area contributed by atoms with Crippen molar-refractivity contribution in [1.82, 2.24) is 4.98 Å². The van der Waals surface area contributed by atoms with Gasteiger partial charge in [0.25, 0.3) is 0 Å². The Kier molecular flexibility index (Phi) is 5.51. The summed E-state index contributed by atoms with van der Waals surface area (Å²) in [6.45, 7) is 9.38. The number of esters is 1. The van der Waals surface area contributed by atoms with Gasteiger partial charge in [0.1, 0.15) is 10.3 Å². The van der Waals surface area contributed by atoms with Crippen LogP contribution in [0.1, 0.15) is 40.2 Å². The molecule has 1 aromatic heterocycles. The number of aromatic nitrogens is 1. The van der Waals surface area contributed by atoms with Crippen molar-refractivity contribution in [3.05, 3.63) is 47.5 Å². The van der Waals surface area contributed by atoms with E-state index in [1.54, 1.807) is 11.3 Å². The van der Waals surface area contributed by atoms with E-state index >= 15 is 0 Å². The highest BCUT2D eigenvalue weighted by Crippen LogP contribution is 2.44. The Balaban J connectivity index is 2.06. The molecular formula is C22H22N2O2S2. The standard InChI is InChI=1S/C22H22N2O2S2/c1-21(2,3)26-20(25)22(4,5)28-17-11-10-16-19(27-13-24-16)18(17)15-8-6-14(12-23)7-9-15/h6-11,13H,1-5H3. The van der Waals surface area contributed by atoms with Gasteiger partial charge < -0.3 is 4.74 Å². The molecule has 0 spiro atoms. The minimum atomic E-state index is -0.757. The van der Waals surface area contributed by atoms with Crippen molar-refractivity contribution < 1.29 is 9.53 Å². The summed E-state index contributed by atoms with van der Waals surface area (Å²) < 4.78 is 5.93. The third-order valence-corrected chi connectivity index (χ3v) is 6.12. The summed E-state index contributed by atoms with van der Waals surface area (Å²) in [4.78, 5) is 18.1. The molecule has 0 aliphatic carbocycles. The molecule has 0 atom stereocenters. The van der Waals surface area contributed by atoms with Gasteiger partial charge in [-0.25, -0.2) is 4.98 Å². The number of thiazole rings is 1. The molecule has 0 saturated carbocycles. The number of fused-ring (bicyclic) bond motifs is 1. The van der Waals surface area contributed by atoms with Crippen molar-refractivity contribution >= 4 is 39.3 Å². The molecule has 0 amide bonds. The molecule has 2 aromatic carbocycles. The molecule has 1 heterocycles. The number of benzene rings is 2. The highest BCUT2D eigenvalue weighted by atomic mass is 32.2. The Morgan fingerprint density at radius 2 is 1.79 bits per heavy atom. The van der Waals surface area contributed by atoms with Crippen LogP contribution in [0.5, 0.6) is 0 Å². The third-order valence-electron chi connectivity index (χ3n) is 4.02. The molecule has 0 N–H and O–H groups in total. The van der Waals surface area contributed by atoms with Crippen LogP contribution in [0.4, 0.5) is 0 Å². The maximum absolute atomic E-state index is 12.7. The molecule has 0 bridgehead atoms. The summed E-state index contributed by atoms with van der Waals surface area (Å²) >= 11 is 3.06. The average Bonchev–Trinajstić information content (AvgIpc) is 3.08. The Hall–Kier alpha value is -2.36. The van der Waals surface area contributed by atoms with Gasteiger partial charge >= 0.3 is 5.97 Å². The second-order valence-electron chi connectivity index (χ2n) is 7.94. The van der Waals surface area contributed by atoms with Crippen molar-refractivity contribution in [2.45, 2.75) is 49.9 Å². The van der Waals surface area contributed by atoms with Gasteiger partial charge in [-0.05, 0) is 64.4 Å². The van der Waals surface area contributed by atoms with E-state index < -0.39 is 10.3 Å². The van der Waals surface area contributed by atoms with Crippen LogP contribution >= 0.6 is 23.1 Å². The molecule has 4 nitrogen and oxygen atoms in total. The predicted octanol–water partition coefficient (Wildman–Crippen LogP) is 6.05. The second kappa shape index (κ2) is 7.57. The van der Waals surface area contributed by atoms with Crippen molar-refractivity contribution in [3.8, 4) is 17.2 Å². The van der Waals surface area contributed by atoms with E-state index in [0.29, 0.717) is 5.56 Å². The number of carbonyl (C=O) groups excluding carboxylic acids is 1. The number of ether oxygens (including phenoxy) is 1. The lowest BCUT2D eigenvalue weighted by Gasteiger charge is -2.28. The molecule has 3 rings (SSSR count). The van der Waals surface area contributed by atoms with Crippen molar-refractivity contribution in [2.75, 3.05) is 0 Å². The molecule has 6 heteroatoms. The Labute approximate surface area is 173 Å². The number of hydrogen-bond donors (Lipinski definition) is 0. The number of rotatable bonds is 4. The van der Waals surface area contributed by atoms with E-state index in [1.165, 1.54) is 11.8 Å². The monoisotopic (exact) mass is 410 g/mol. The number of hydrogen-bond acceptors (Lipinski definition) is 6. The minimum Gasteiger partial charge on any atom is -0.459 e. The summed E-state index contributed by atoms with van der Waals surface area (Å²) in [7, 11) is 0. The number of thioether (sulfide) groups is 1. The van der Waals surface area contributed by atoms with Crippen molar-refractivity contribution in [3.63, 3.8) is 0 Å². The Morgan fingerprint density at radius 1 is 1.11 bits per heavy atom. The van der Waals surface area contributed by atoms with Crippen LogP contribution in [0.2, 0.25) is 0 Å². The molecule has 0 fully saturated rings. The lowest BCUT2D eigenvalue weighted by Crippen LogP contribution is -2.36. The second-order valence-corrected chi connectivity index (χ2v) is 10.5. The fourth-order valence-electron chi connectivity index (χ4n) is 2.70. The summed E-state index contributed by atoms with van der Waals surface area (Å²) in [5.74, 6) is -0.250. The van der Waals surface area contributed by atoms with Crippen LogP contribution in [-0.2, 0) is 9.53 Å². The van der Waals surface area contributed by atoms with Crippen LogP contribution in [0.15, 0.2) is 46.8 Å². The van der Waals surface area contributed by atoms with Crippen molar-refractivity contribution in [1.29, 1.82) is 5.26 Å². The van der Waals surface area contributed by atoms with Gasteiger partial charge in [0.15, 0.2) is 0 Å². The van der Waals surface area contributed by atoms with E-state index in [9.17, 15) is 4.79 Å². The molecular weight excluding hydrogens is 388 g/mol. The van der Waals surface area contributed by atoms with Crippen LogP contribution in [0.3, 0.4) is 0 Å². The quantitative estimate of drug-likeness (QED) is 0.387. The predicted molar refractivity (Wildman–Crippen MR) is 116 cm³/mol. The number of nitrogens with zero attached hydrogens (tertiary/aromatic N) is 2.